The summed E-state index contributed by atoms with van der Waals surface area (Å²) in [4.78, 5) is 23.9. The number of rotatable bonds is 4. The van der Waals surface area contributed by atoms with Crippen molar-refractivity contribution in [3.63, 3.8) is 0 Å². The van der Waals surface area contributed by atoms with Crippen LogP contribution in [0.1, 0.15) is 16.1 Å². The molecular formula is C15H15ClN2O3. The van der Waals surface area contributed by atoms with Gasteiger partial charge in [-0.3, -0.25) is 9.59 Å². The average Bonchev–Trinajstić information content (AvgIpc) is 2.48. The maximum Gasteiger partial charge on any atom is 0.268 e. The second-order valence-electron chi connectivity index (χ2n) is 4.48. The average molecular weight is 307 g/mol. The number of hydrogen-bond donors (Lipinski definition) is 1. The smallest absolute Gasteiger partial charge is 0.268 e. The van der Waals surface area contributed by atoms with Crippen molar-refractivity contribution in [1.82, 2.24) is 9.88 Å². The molecule has 0 unspecified atom stereocenters. The van der Waals surface area contributed by atoms with Gasteiger partial charge in [-0.05, 0) is 11.6 Å². The number of nitrogens with zero attached hydrogens (tertiary/aromatic N) is 1. The summed E-state index contributed by atoms with van der Waals surface area (Å²) in [7, 11) is 3.08. The van der Waals surface area contributed by atoms with Gasteiger partial charge in [0, 0.05) is 24.7 Å². The zero-order chi connectivity index (χ0) is 15.4. The number of carbonyl (C=O) groups is 1. The molecule has 0 saturated heterocycles. The third-order valence-corrected chi connectivity index (χ3v) is 3.42. The van der Waals surface area contributed by atoms with E-state index in [0.717, 1.165) is 5.56 Å². The highest BCUT2D eigenvalue weighted by Crippen LogP contribution is 2.14. The maximum atomic E-state index is 12.1. The topological polar surface area (TPSA) is 60.3 Å². The van der Waals surface area contributed by atoms with Crippen molar-refractivity contribution in [3.05, 3.63) is 63.0 Å². The van der Waals surface area contributed by atoms with Crippen LogP contribution in [0.5, 0.6) is 5.75 Å². The van der Waals surface area contributed by atoms with Crippen molar-refractivity contribution in [3.8, 4) is 5.75 Å². The highest BCUT2D eigenvalue weighted by atomic mass is 35.5. The number of aromatic nitrogens is 1. The van der Waals surface area contributed by atoms with Gasteiger partial charge in [0.1, 0.15) is 5.69 Å². The molecular weight excluding hydrogens is 292 g/mol. The highest BCUT2D eigenvalue weighted by molar-refractivity contribution is 6.31. The van der Waals surface area contributed by atoms with Crippen molar-refractivity contribution < 1.29 is 9.53 Å². The minimum Gasteiger partial charge on any atom is -0.491 e. The molecule has 0 saturated carbocycles. The van der Waals surface area contributed by atoms with E-state index < -0.39 is 0 Å². The van der Waals surface area contributed by atoms with Crippen LogP contribution in [0, 0.1) is 0 Å². The molecule has 1 aromatic heterocycles. The summed E-state index contributed by atoms with van der Waals surface area (Å²) in [5, 5.41) is 3.32. The van der Waals surface area contributed by atoms with E-state index in [-0.39, 0.29) is 22.8 Å². The number of nitrogens with one attached hydrogen (secondary N) is 1. The lowest BCUT2D eigenvalue weighted by atomic mass is 10.2. The van der Waals surface area contributed by atoms with E-state index >= 15 is 0 Å². The molecule has 0 aliphatic heterocycles. The Bertz CT molecular complexity index is 725. The van der Waals surface area contributed by atoms with Crippen LogP contribution in [0.4, 0.5) is 0 Å². The van der Waals surface area contributed by atoms with Crippen LogP contribution in [0.25, 0.3) is 0 Å². The summed E-state index contributed by atoms with van der Waals surface area (Å²) in [6.07, 6.45) is 1.48. The zero-order valence-corrected chi connectivity index (χ0v) is 12.5. The number of carbonyl (C=O) groups excluding carboxylic acids is 1. The predicted octanol–water partition coefficient (Wildman–Crippen LogP) is 1.98. The first-order valence-corrected chi connectivity index (χ1v) is 6.67. The Labute approximate surface area is 127 Å². The lowest BCUT2D eigenvalue weighted by Gasteiger charge is -2.11. The summed E-state index contributed by atoms with van der Waals surface area (Å²) in [6.45, 7) is 0.290. The number of aryl methyl sites for hydroxylation is 1. The van der Waals surface area contributed by atoms with E-state index in [1.807, 2.05) is 18.2 Å². The van der Waals surface area contributed by atoms with Crippen LogP contribution >= 0.6 is 11.6 Å². The van der Waals surface area contributed by atoms with Crippen LogP contribution < -0.4 is 15.5 Å². The number of benzene rings is 1. The van der Waals surface area contributed by atoms with E-state index in [4.69, 9.17) is 16.3 Å². The Balaban J connectivity index is 2.16. The van der Waals surface area contributed by atoms with E-state index in [1.54, 1.807) is 17.7 Å². The van der Waals surface area contributed by atoms with E-state index in [1.165, 1.54) is 19.4 Å². The molecule has 1 aromatic carbocycles. The molecule has 21 heavy (non-hydrogen) atoms. The molecule has 0 radical (unpaired) electrons. The van der Waals surface area contributed by atoms with Gasteiger partial charge in [0.15, 0.2) is 5.75 Å². The van der Waals surface area contributed by atoms with Crippen LogP contribution in [-0.4, -0.2) is 17.6 Å². The molecule has 1 amide bonds. The lowest BCUT2D eigenvalue weighted by molar-refractivity contribution is 0.0941. The zero-order valence-electron chi connectivity index (χ0n) is 11.7. The van der Waals surface area contributed by atoms with E-state index in [9.17, 15) is 9.59 Å². The molecule has 0 bridgehead atoms. The van der Waals surface area contributed by atoms with Gasteiger partial charge in [-0.25, -0.2) is 0 Å². The molecule has 1 heterocycles. The first-order valence-electron chi connectivity index (χ1n) is 6.29. The van der Waals surface area contributed by atoms with Crippen LogP contribution in [0.2, 0.25) is 5.02 Å². The quantitative estimate of drug-likeness (QED) is 0.939. The fraction of sp³-hybridized carbons (Fsp3) is 0.200. The monoisotopic (exact) mass is 306 g/mol. The first-order chi connectivity index (χ1) is 10.0. The summed E-state index contributed by atoms with van der Waals surface area (Å²) in [6, 6.07) is 8.50. The van der Waals surface area contributed by atoms with Gasteiger partial charge >= 0.3 is 0 Å². The molecule has 2 aromatic rings. The van der Waals surface area contributed by atoms with Gasteiger partial charge in [0.2, 0.25) is 5.43 Å². The van der Waals surface area contributed by atoms with Crippen molar-refractivity contribution in [2.24, 2.45) is 7.05 Å². The Kier molecular flexibility index (Phi) is 4.65. The van der Waals surface area contributed by atoms with Gasteiger partial charge < -0.3 is 14.6 Å². The summed E-state index contributed by atoms with van der Waals surface area (Å²) < 4.78 is 6.47. The standard InChI is InChI=1S/C15H15ClN2O3/c1-18-9-14(21-2)13(19)7-12(18)15(20)17-8-10-5-3-4-6-11(10)16/h3-7,9H,8H2,1-2H3,(H,17,20). The maximum absolute atomic E-state index is 12.1. The number of methoxy groups -OCH3 is 1. The Morgan fingerprint density at radius 2 is 2.10 bits per heavy atom. The van der Waals surface area contributed by atoms with Crippen molar-refractivity contribution in [2.45, 2.75) is 6.54 Å². The van der Waals surface area contributed by atoms with Gasteiger partial charge in [0.05, 0.1) is 13.3 Å². The molecule has 2 rings (SSSR count). The molecule has 0 aliphatic carbocycles. The molecule has 0 spiro atoms. The van der Waals surface area contributed by atoms with Crippen LogP contribution in [0.15, 0.2) is 41.3 Å². The number of halogens is 1. The molecule has 0 atom stereocenters. The van der Waals surface area contributed by atoms with Gasteiger partial charge in [0.25, 0.3) is 5.91 Å². The molecule has 5 nitrogen and oxygen atoms in total. The van der Waals surface area contributed by atoms with Crippen molar-refractivity contribution >= 4 is 17.5 Å². The lowest BCUT2D eigenvalue weighted by Crippen LogP contribution is -2.27. The summed E-state index contributed by atoms with van der Waals surface area (Å²) >= 11 is 6.03. The van der Waals surface area contributed by atoms with Crippen molar-refractivity contribution in [1.29, 1.82) is 0 Å². The number of ether oxygens (including phenoxy) is 1. The molecule has 110 valence electrons. The van der Waals surface area contributed by atoms with Gasteiger partial charge in [-0.2, -0.15) is 0 Å². The third kappa shape index (κ3) is 3.44. The molecule has 0 fully saturated rings. The third-order valence-electron chi connectivity index (χ3n) is 3.05. The largest absolute Gasteiger partial charge is 0.491 e. The first kappa shape index (κ1) is 15.1. The summed E-state index contributed by atoms with van der Waals surface area (Å²) in [5.41, 5.74) is 0.734. The SMILES string of the molecule is COc1cn(C)c(C(=O)NCc2ccccc2Cl)cc1=O. The minimum absolute atomic E-state index is 0.195. The molecule has 1 N–H and O–H groups in total. The highest BCUT2D eigenvalue weighted by Gasteiger charge is 2.12. The minimum atomic E-state index is -0.350. The Morgan fingerprint density at radius 3 is 2.76 bits per heavy atom. The fourth-order valence-corrected chi connectivity index (χ4v) is 2.10. The van der Waals surface area contributed by atoms with E-state index in [2.05, 4.69) is 5.32 Å². The van der Waals surface area contributed by atoms with Gasteiger partial charge in [-0.15, -0.1) is 0 Å². The Morgan fingerprint density at radius 1 is 1.38 bits per heavy atom. The predicted molar refractivity (Wildman–Crippen MR) is 80.9 cm³/mol. The fourth-order valence-electron chi connectivity index (χ4n) is 1.89. The molecule has 0 aliphatic rings. The van der Waals surface area contributed by atoms with E-state index in [0.29, 0.717) is 11.6 Å². The van der Waals surface area contributed by atoms with Crippen molar-refractivity contribution in [2.75, 3.05) is 7.11 Å². The number of amides is 1. The number of hydrogen-bond acceptors (Lipinski definition) is 3. The normalized spacial score (nSPS) is 10.2. The summed E-state index contributed by atoms with van der Waals surface area (Å²) in [5.74, 6) is -0.155. The number of pyridine rings is 1. The van der Waals surface area contributed by atoms with Crippen LogP contribution in [0.3, 0.4) is 0 Å². The van der Waals surface area contributed by atoms with Crippen LogP contribution in [-0.2, 0) is 13.6 Å². The second kappa shape index (κ2) is 6.45. The second-order valence-corrected chi connectivity index (χ2v) is 4.88. The van der Waals surface area contributed by atoms with Gasteiger partial charge in [-0.1, -0.05) is 29.8 Å². The molecule has 6 heteroatoms. The Hall–Kier alpha value is -2.27.